The fourth-order valence-electron chi connectivity index (χ4n) is 1.13. The summed E-state index contributed by atoms with van der Waals surface area (Å²) in [6.45, 7) is 3.76. The lowest BCUT2D eigenvalue weighted by molar-refractivity contribution is 0.187. The average molecular weight is 194 g/mol. The molecule has 0 unspecified atom stereocenters. The first-order valence-electron chi connectivity index (χ1n) is 4.26. The van der Waals surface area contributed by atoms with Gasteiger partial charge in [0.2, 0.25) is 0 Å². The topological polar surface area (TPSA) is 64.3 Å². The van der Waals surface area contributed by atoms with Crippen LogP contribution in [0.2, 0.25) is 0 Å². The second-order valence-electron chi connectivity index (χ2n) is 3.14. The van der Waals surface area contributed by atoms with E-state index in [2.05, 4.69) is 10.1 Å². The highest BCUT2D eigenvalue weighted by Crippen LogP contribution is 2.21. The molecule has 1 amide bonds. The smallest absolute Gasteiger partial charge is 0.411 e. The van der Waals surface area contributed by atoms with E-state index in [0.717, 1.165) is 22.5 Å². The number of benzene rings is 1. The maximum absolute atomic E-state index is 11.0. The van der Waals surface area contributed by atoms with Crippen LogP contribution in [-0.4, -0.2) is 13.2 Å². The maximum Gasteiger partial charge on any atom is 0.411 e. The molecule has 14 heavy (non-hydrogen) atoms. The summed E-state index contributed by atoms with van der Waals surface area (Å²) in [6.07, 6.45) is -0.475. The van der Waals surface area contributed by atoms with Crippen LogP contribution >= 0.6 is 0 Å². The van der Waals surface area contributed by atoms with Crippen molar-refractivity contribution >= 4 is 17.5 Å². The molecule has 3 N–H and O–H groups in total. The third-order valence-electron chi connectivity index (χ3n) is 2.04. The van der Waals surface area contributed by atoms with Crippen LogP contribution in [0.3, 0.4) is 0 Å². The molecule has 4 heteroatoms. The van der Waals surface area contributed by atoms with Gasteiger partial charge in [0.05, 0.1) is 7.11 Å². The summed E-state index contributed by atoms with van der Waals surface area (Å²) in [4.78, 5) is 11.0. The maximum atomic E-state index is 11.0. The van der Waals surface area contributed by atoms with Gasteiger partial charge in [0.25, 0.3) is 0 Å². The SMILES string of the molecule is COC(=O)Nc1cc(C)c(N)cc1C. The van der Waals surface area contributed by atoms with Gasteiger partial charge >= 0.3 is 6.09 Å². The van der Waals surface area contributed by atoms with E-state index >= 15 is 0 Å². The summed E-state index contributed by atoms with van der Waals surface area (Å²) in [5, 5.41) is 2.61. The fraction of sp³-hybridized carbons (Fsp3) is 0.300. The lowest BCUT2D eigenvalue weighted by Crippen LogP contribution is -2.12. The van der Waals surface area contributed by atoms with Gasteiger partial charge in [0.15, 0.2) is 0 Å². The summed E-state index contributed by atoms with van der Waals surface area (Å²) in [5.41, 5.74) is 9.00. The minimum Gasteiger partial charge on any atom is -0.453 e. The van der Waals surface area contributed by atoms with Crippen molar-refractivity contribution in [2.45, 2.75) is 13.8 Å². The van der Waals surface area contributed by atoms with E-state index in [4.69, 9.17) is 5.73 Å². The van der Waals surface area contributed by atoms with Gasteiger partial charge in [-0.3, -0.25) is 5.32 Å². The van der Waals surface area contributed by atoms with E-state index < -0.39 is 6.09 Å². The Bertz CT molecular complexity index is 361. The van der Waals surface area contributed by atoms with E-state index in [1.54, 1.807) is 0 Å². The highest BCUT2D eigenvalue weighted by molar-refractivity contribution is 5.86. The number of hydrogen-bond donors (Lipinski definition) is 2. The van der Waals surface area contributed by atoms with E-state index in [1.807, 2.05) is 26.0 Å². The summed E-state index contributed by atoms with van der Waals surface area (Å²) in [6, 6.07) is 3.64. The molecule has 4 nitrogen and oxygen atoms in total. The summed E-state index contributed by atoms with van der Waals surface area (Å²) >= 11 is 0. The number of hydrogen-bond acceptors (Lipinski definition) is 3. The Balaban J connectivity index is 2.98. The van der Waals surface area contributed by atoms with E-state index in [-0.39, 0.29) is 0 Å². The molecule has 1 aromatic carbocycles. The molecule has 1 aromatic rings. The zero-order valence-corrected chi connectivity index (χ0v) is 8.55. The normalized spacial score (nSPS) is 9.64. The highest BCUT2D eigenvalue weighted by atomic mass is 16.5. The molecule has 0 bridgehead atoms. The number of nitrogen functional groups attached to an aromatic ring is 1. The Morgan fingerprint density at radius 2 is 2.00 bits per heavy atom. The van der Waals surface area contributed by atoms with Crippen LogP contribution in [0.15, 0.2) is 12.1 Å². The molecular formula is C10H14N2O2. The van der Waals surface area contributed by atoms with Crippen LogP contribution in [0, 0.1) is 13.8 Å². The van der Waals surface area contributed by atoms with Gasteiger partial charge in [0, 0.05) is 11.4 Å². The molecule has 1 rings (SSSR count). The van der Waals surface area contributed by atoms with Crippen LogP contribution < -0.4 is 11.1 Å². The number of nitrogens with two attached hydrogens (primary N) is 1. The van der Waals surface area contributed by atoms with E-state index in [0.29, 0.717) is 0 Å². The Morgan fingerprint density at radius 3 is 2.57 bits per heavy atom. The largest absolute Gasteiger partial charge is 0.453 e. The summed E-state index contributed by atoms with van der Waals surface area (Å²) in [5.74, 6) is 0. The number of carbonyl (C=O) groups is 1. The van der Waals surface area contributed by atoms with Gasteiger partial charge < -0.3 is 10.5 Å². The third kappa shape index (κ3) is 2.16. The predicted molar refractivity (Wildman–Crippen MR) is 56.4 cm³/mol. The van der Waals surface area contributed by atoms with Crippen molar-refractivity contribution in [1.29, 1.82) is 0 Å². The molecule has 0 saturated carbocycles. The van der Waals surface area contributed by atoms with Gasteiger partial charge in [-0.1, -0.05) is 0 Å². The summed E-state index contributed by atoms with van der Waals surface area (Å²) < 4.78 is 4.50. The molecule has 0 spiro atoms. The van der Waals surface area contributed by atoms with Gasteiger partial charge in [-0.05, 0) is 37.1 Å². The van der Waals surface area contributed by atoms with Crippen LogP contribution in [0.5, 0.6) is 0 Å². The molecule has 0 aromatic heterocycles. The Labute approximate surface area is 83.1 Å². The lowest BCUT2D eigenvalue weighted by atomic mass is 10.1. The Hall–Kier alpha value is -1.71. The fourth-order valence-corrected chi connectivity index (χ4v) is 1.13. The number of methoxy groups -OCH3 is 1. The molecule has 0 atom stereocenters. The minimum absolute atomic E-state index is 0.475. The number of amides is 1. The first kappa shape index (κ1) is 10.4. The van der Waals surface area contributed by atoms with Gasteiger partial charge in [-0.15, -0.1) is 0 Å². The molecule has 76 valence electrons. The van der Waals surface area contributed by atoms with Gasteiger partial charge in [0.1, 0.15) is 0 Å². The second-order valence-corrected chi connectivity index (χ2v) is 3.14. The minimum atomic E-state index is -0.475. The molecule has 0 aliphatic rings. The third-order valence-corrected chi connectivity index (χ3v) is 2.04. The molecule has 0 fully saturated rings. The quantitative estimate of drug-likeness (QED) is 0.672. The first-order chi connectivity index (χ1) is 6.54. The van der Waals surface area contributed by atoms with E-state index in [1.165, 1.54) is 7.11 Å². The van der Waals surface area contributed by atoms with E-state index in [9.17, 15) is 4.79 Å². The molecule has 0 radical (unpaired) electrons. The molecular weight excluding hydrogens is 180 g/mol. The van der Waals surface area contributed by atoms with Crippen LogP contribution in [0.25, 0.3) is 0 Å². The molecule has 0 aliphatic carbocycles. The monoisotopic (exact) mass is 194 g/mol. The van der Waals surface area contributed by atoms with Crippen LogP contribution in [-0.2, 0) is 4.74 Å². The van der Waals surface area contributed by atoms with Crippen molar-refractivity contribution < 1.29 is 9.53 Å². The molecule has 0 heterocycles. The standard InChI is InChI=1S/C10H14N2O2/c1-6-5-9(12-10(13)14-3)7(2)4-8(6)11/h4-5H,11H2,1-3H3,(H,12,13). The van der Waals surface area contributed by atoms with Crippen molar-refractivity contribution in [2.75, 3.05) is 18.2 Å². The number of aryl methyl sites for hydroxylation is 2. The number of carbonyl (C=O) groups excluding carboxylic acids is 1. The van der Waals surface area contributed by atoms with Crippen molar-refractivity contribution in [3.63, 3.8) is 0 Å². The highest BCUT2D eigenvalue weighted by Gasteiger charge is 2.05. The zero-order valence-electron chi connectivity index (χ0n) is 8.55. The number of rotatable bonds is 1. The average Bonchev–Trinajstić information content (AvgIpc) is 2.14. The zero-order chi connectivity index (χ0) is 10.7. The van der Waals surface area contributed by atoms with Crippen LogP contribution in [0.1, 0.15) is 11.1 Å². The van der Waals surface area contributed by atoms with Crippen LogP contribution in [0.4, 0.5) is 16.2 Å². The van der Waals surface area contributed by atoms with Crippen molar-refractivity contribution in [3.05, 3.63) is 23.3 Å². The number of nitrogens with one attached hydrogen (secondary N) is 1. The lowest BCUT2D eigenvalue weighted by Gasteiger charge is -2.09. The van der Waals surface area contributed by atoms with Gasteiger partial charge in [-0.2, -0.15) is 0 Å². The van der Waals surface area contributed by atoms with Crippen molar-refractivity contribution in [2.24, 2.45) is 0 Å². The molecule has 0 saturated heterocycles. The Morgan fingerprint density at radius 1 is 1.36 bits per heavy atom. The van der Waals surface area contributed by atoms with Gasteiger partial charge in [-0.25, -0.2) is 4.79 Å². The number of anilines is 2. The Kier molecular flexibility index (Phi) is 2.96. The summed E-state index contributed by atoms with van der Waals surface area (Å²) in [7, 11) is 1.33. The molecule has 0 aliphatic heterocycles. The van der Waals surface area contributed by atoms with Crippen molar-refractivity contribution in [1.82, 2.24) is 0 Å². The second kappa shape index (κ2) is 4.00. The first-order valence-corrected chi connectivity index (χ1v) is 4.26. The predicted octanol–water partition coefficient (Wildman–Crippen LogP) is 2.06. The van der Waals surface area contributed by atoms with Crippen molar-refractivity contribution in [3.8, 4) is 0 Å². The number of ether oxygens (including phenoxy) is 1.